The van der Waals surface area contributed by atoms with Crippen LogP contribution in [0, 0.1) is 5.92 Å². The number of carbonyl (C=O) groups excluding carboxylic acids is 1. The maximum atomic E-state index is 11.9. The summed E-state index contributed by atoms with van der Waals surface area (Å²) in [5, 5.41) is 7.35. The fourth-order valence-corrected chi connectivity index (χ4v) is 2.69. The predicted octanol–water partition coefficient (Wildman–Crippen LogP) is 1.34. The molecule has 2 aliphatic carbocycles. The normalized spacial score (nSPS) is 22.1. The fourth-order valence-electron chi connectivity index (χ4n) is 2.69. The monoisotopic (exact) mass is 263 g/mol. The van der Waals surface area contributed by atoms with Crippen LogP contribution in [0.3, 0.4) is 0 Å². The van der Waals surface area contributed by atoms with Gasteiger partial charge in [0.05, 0.1) is 18.8 Å². The van der Waals surface area contributed by atoms with Gasteiger partial charge in [-0.15, -0.1) is 0 Å². The molecule has 2 aliphatic rings. The van der Waals surface area contributed by atoms with Crippen molar-refractivity contribution in [3.63, 3.8) is 0 Å². The molecule has 1 atom stereocenters. The van der Waals surface area contributed by atoms with Crippen molar-refractivity contribution >= 4 is 5.91 Å². The summed E-state index contributed by atoms with van der Waals surface area (Å²) in [6.07, 6.45) is 7.53. The molecule has 1 N–H and O–H groups in total. The van der Waals surface area contributed by atoms with E-state index in [4.69, 9.17) is 4.74 Å². The van der Waals surface area contributed by atoms with Gasteiger partial charge in [-0.2, -0.15) is 5.10 Å². The van der Waals surface area contributed by atoms with Crippen molar-refractivity contribution < 1.29 is 9.53 Å². The first-order valence-corrected chi connectivity index (χ1v) is 7.12. The van der Waals surface area contributed by atoms with Crippen LogP contribution in [0.4, 0.5) is 0 Å². The third-order valence-electron chi connectivity index (χ3n) is 3.99. The Morgan fingerprint density at radius 2 is 2.37 bits per heavy atom. The van der Waals surface area contributed by atoms with Gasteiger partial charge in [-0.3, -0.25) is 9.48 Å². The zero-order valence-electron chi connectivity index (χ0n) is 11.4. The van der Waals surface area contributed by atoms with E-state index in [-0.39, 0.29) is 18.6 Å². The number of hydrogen-bond acceptors (Lipinski definition) is 3. The van der Waals surface area contributed by atoms with Gasteiger partial charge in [-0.05, 0) is 38.0 Å². The quantitative estimate of drug-likeness (QED) is 0.872. The van der Waals surface area contributed by atoms with Gasteiger partial charge in [-0.1, -0.05) is 0 Å². The zero-order valence-corrected chi connectivity index (χ0v) is 11.4. The second-order valence-corrected chi connectivity index (χ2v) is 5.64. The molecular formula is C14H21N3O2. The van der Waals surface area contributed by atoms with E-state index in [1.54, 1.807) is 0 Å². The van der Waals surface area contributed by atoms with Gasteiger partial charge in [-0.25, -0.2) is 0 Å². The van der Waals surface area contributed by atoms with Crippen molar-refractivity contribution in [2.24, 2.45) is 13.0 Å². The number of carbonyl (C=O) groups is 1. The SMILES string of the molecule is Cn1ncc2c1CCC[C@H]2NC(=O)COCC1CC1. The fraction of sp³-hybridized carbons (Fsp3) is 0.714. The lowest BCUT2D eigenvalue weighted by atomic mass is 9.93. The third kappa shape index (κ3) is 2.97. The van der Waals surface area contributed by atoms with Crippen LogP contribution in [0.15, 0.2) is 6.20 Å². The van der Waals surface area contributed by atoms with Gasteiger partial charge >= 0.3 is 0 Å². The lowest BCUT2D eigenvalue weighted by Crippen LogP contribution is -2.33. The van der Waals surface area contributed by atoms with Crippen LogP contribution in [-0.4, -0.2) is 28.9 Å². The van der Waals surface area contributed by atoms with Crippen LogP contribution in [-0.2, 0) is 23.0 Å². The predicted molar refractivity (Wildman–Crippen MR) is 70.6 cm³/mol. The van der Waals surface area contributed by atoms with Crippen LogP contribution in [0.2, 0.25) is 0 Å². The summed E-state index contributed by atoms with van der Waals surface area (Å²) >= 11 is 0. The summed E-state index contributed by atoms with van der Waals surface area (Å²) in [5.74, 6) is 0.690. The molecule has 0 bridgehead atoms. The molecule has 19 heavy (non-hydrogen) atoms. The summed E-state index contributed by atoms with van der Waals surface area (Å²) in [5.41, 5.74) is 2.42. The minimum Gasteiger partial charge on any atom is -0.371 e. The first-order chi connectivity index (χ1) is 9.24. The Hall–Kier alpha value is -1.36. The van der Waals surface area contributed by atoms with Crippen LogP contribution in [0.5, 0.6) is 0 Å². The Morgan fingerprint density at radius 1 is 1.53 bits per heavy atom. The van der Waals surface area contributed by atoms with Crippen molar-refractivity contribution in [3.8, 4) is 0 Å². The lowest BCUT2D eigenvalue weighted by Gasteiger charge is -2.23. The molecule has 1 aromatic rings. The maximum absolute atomic E-state index is 11.9. The molecule has 1 fully saturated rings. The molecule has 0 spiro atoms. The minimum atomic E-state index is -0.0117. The number of aromatic nitrogens is 2. The second-order valence-electron chi connectivity index (χ2n) is 5.64. The summed E-state index contributed by atoms with van der Waals surface area (Å²) in [7, 11) is 1.96. The Kier molecular flexibility index (Phi) is 3.55. The smallest absolute Gasteiger partial charge is 0.246 e. The molecule has 1 aromatic heterocycles. The zero-order chi connectivity index (χ0) is 13.2. The standard InChI is InChI=1S/C14H21N3O2/c1-17-13-4-2-3-12(11(13)7-15-17)16-14(18)9-19-8-10-5-6-10/h7,10,12H,2-6,8-9H2,1H3,(H,16,18)/t12-/m1/s1. The van der Waals surface area contributed by atoms with E-state index in [0.717, 1.165) is 25.9 Å². The lowest BCUT2D eigenvalue weighted by molar-refractivity contribution is -0.126. The molecule has 1 amide bonds. The van der Waals surface area contributed by atoms with E-state index in [9.17, 15) is 4.79 Å². The van der Waals surface area contributed by atoms with E-state index in [1.807, 2.05) is 17.9 Å². The number of nitrogens with zero attached hydrogens (tertiary/aromatic N) is 2. The molecule has 0 aliphatic heterocycles. The first kappa shape index (κ1) is 12.7. The average molecular weight is 263 g/mol. The van der Waals surface area contributed by atoms with Gasteiger partial charge in [0.25, 0.3) is 0 Å². The first-order valence-electron chi connectivity index (χ1n) is 7.12. The maximum Gasteiger partial charge on any atom is 0.246 e. The van der Waals surface area contributed by atoms with Crippen LogP contribution < -0.4 is 5.32 Å². The topological polar surface area (TPSA) is 56.2 Å². The highest BCUT2D eigenvalue weighted by Crippen LogP contribution is 2.30. The van der Waals surface area contributed by atoms with Crippen LogP contribution in [0.1, 0.15) is 43.0 Å². The summed E-state index contributed by atoms with van der Waals surface area (Å²) in [4.78, 5) is 11.9. The van der Waals surface area contributed by atoms with Gasteiger partial charge in [0, 0.05) is 18.3 Å². The Morgan fingerprint density at radius 3 is 3.16 bits per heavy atom. The van der Waals surface area contributed by atoms with E-state index < -0.39 is 0 Å². The molecule has 0 saturated heterocycles. The van der Waals surface area contributed by atoms with Gasteiger partial charge < -0.3 is 10.1 Å². The number of fused-ring (bicyclic) bond motifs is 1. The summed E-state index contributed by atoms with van der Waals surface area (Å²) in [6, 6.07) is 0.106. The highest BCUT2D eigenvalue weighted by Gasteiger charge is 2.25. The number of hydrogen-bond donors (Lipinski definition) is 1. The van der Waals surface area contributed by atoms with Crippen molar-refractivity contribution in [2.45, 2.75) is 38.1 Å². The number of aryl methyl sites for hydroxylation is 1. The van der Waals surface area contributed by atoms with Gasteiger partial charge in [0.2, 0.25) is 5.91 Å². The number of rotatable bonds is 5. The van der Waals surface area contributed by atoms with Gasteiger partial charge in [0.15, 0.2) is 0 Å². The molecule has 3 rings (SSSR count). The average Bonchev–Trinajstić information content (AvgIpc) is 3.14. The van der Waals surface area contributed by atoms with E-state index >= 15 is 0 Å². The third-order valence-corrected chi connectivity index (χ3v) is 3.99. The molecular weight excluding hydrogens is 242 g/mol. The molecule has 0 radical (unpaired) electrons. The second kappa shape index (κ2) is 5.33. The van der Waals surface area contributed by atoms with E-state index in [2.05, 4.69) is 10.4 Å². The molecule has 104 valence electrons. The summed E-state index contributed by atoms with van der Waals surface area (Å²) in [6.45, 7) is 0.916. The van der Waals surface area contributed by atoms with Crippen LogP contribution >= 0.6 is 0 Å². The molecule has 1 saturated carbocycles. The number of ether oxygens (including phenoxy) is 1. The van der Waals surface area contributed by atoms with E-state index in [1.165, 1.54) is 24.1 Å². The Bertz CT molecular complexity index is 465. The number of amides is 1. The molecule has 1 heterocycles. The van der Waals surface area contributed by atoms with Crippen molar-refractivity contribution in [2.75, 3.05) is 13.2 Å². The van der Waals surface area contributed by atoms with Crippen LogP contribution in [0.25, 0.3) is 0 Å². The largest absolute Gasteiger partial charge is 0.371 e. The highest BCUT2D eigenvalue weighted by molar-refractivity contribution is 5.77. The van der Waals surface area contributed by atoms with E-state index in [0.29, 0.717) is 5.92 Å². The minimum absolute atomic E-state index is 0.0117. The molecule has 5 heteroatoms. The molecule has 0 aromatic carbocycles. The molecule has 0 unspecified atom stereocenters. The van der Waals surface area contributed by atoms with Crippen molar-refractivity contribution in [1.29, 1.82) is 0 Å². The number of nitrogens with one attached hydrogen (secondary N) is 1. The highest BCUT2D eigenvalue weighted by atomic mass is 16.5. The summed E-state index contributed by atoms with van der Waals surface area (Å²) < 4.78 is 7.34. The van der Waals surface area contributed by atoms with Crippen molar-refractivity contribution in [1.82, 2.24) is 15.1 Å². The Balaban J connectivity index is 1.53. The van der Waals surface area contributed by atoms with Crippen molar-refractivity contribution in [3.05, 3.63) is 17.5 Å². The molecule has 5 nitrogen and oxygen atoms in total. The van der Waals surface area contributed by atoms with Gasteiger partial charge in [0.1, 0.15) is 6.61 Å². The Labute approximate surface area is 113 Å².